The lowest BCUT2D eigenvalue weighted by Crippen LogP contribution is -2.30. The smallest absolute Gasteiger partial charge is 0.293 e. The average Bonchev–Trinajstić information content (AvgIpc) is 3.10. The van der Waals surface area contributed by atoms with Gasteiger partial charge < -0.3 is 4.74 Å². The van der Waals surface area contributed by atoms with Gasteiger partial charge in [0.25, 0.3) is 11.1 Å². The predicted octanol–water partition coefficient (Wildman–Crippen LogP) is 6.07. The first-order chi connectivity index (χ1) is 16.0. The second kappa shape index (κ2) is 10.4. The quantitative estimate of drug-likeness (QED) is 0.389. The third-order valence-electron chi connectivity index (χ3n) is 5.12. The Balaban J connectivity index is 1.42. The molecule has 1 aliphatic rings. The Morgan fingerprint density at radius 2 is 1.79 bits per heavy atom. The predicted molar refractivity (Wildman–Crippen MR) is 130 cm³/mol. The molecule has 0 N–H and O–H groups in total. The zero-order valence-corrected chi connectivity index (χ0v) is 19.1. The van der Waals surface area contributed by atoms with Crippen LogP contribution < -0.4 is 4.74 Å². The maximum Gasteiger partial charge on any atom is 0.293 e. The summed E-state index contributed by atoms with van der Waals surface area (Å²) < 4.78 is 5.78. The van der Waals surface area contributed by atoms with Gasteiger partial charge in [0.05, 0.1) is 21.6 Å². The van der Waals surface area contributed by atoms with E-state index in [9.17, 15) is 14.9 Å². The normalized spacial score (nSPS) is 14.5. The number of nitrogens with zero attached hydrogens (tertiary/aromatic N) is 2. The molecule has 3 aromatic carbocycles. The largest absolute Gasteiger partial charge is 0.487 e. The van der Waals surface area contributed by atoms with Crippen molar-refractivity contribution in [3.05, 3.63) is 105 Å². The molecule has 4 rings (SSSR count). The van der Waals surface area contributed by atoms with Crippen LogP contribution in [0.2, 0.25) is 5.02 Å². The number of rotatable bonds is 7. The van der Waals surface area contributed by atoms with Crippen molar-refractivity contribution < 1.29 is 14.3 Å². The van der Waals surface area contributed by atoms with Gasteiger partial charge in [0.15, 0.2) is 0 Å². The summed E-state index contributed by atoms with van der Waals surface area (Å²) in [6, 6.07) is 24.3. The highest BCUT2D eigenvalue weighted by atomic mass is 35.5. The summed E-state index contributed by atoms with van der Waals surface area (Å²) in [6.45, 7) is 0.548. The molecule has 0 radical (unpaired) electrons. The number of carbonyl (C=O) groups excluding carboxylic acids is 2. The van der Waals surface area contributed by atoms with E-state index >= 15 is 0 Å². The van der Waals surface area contributed by atoms with E-state index in [4.69, 9.17) is 16.3 Å². The summed E-state index contributed by atoms with van der Waals surface area (Å²) in [7, 11) is 0. The van der Waals surface area contributed by atoms with E-state index in [2.05, 4.69) is 6.07 Å². The van der Waals surface area contributed by atoms with E-state index in [1.807, 2.05) is 42.5 Å². The molecule has 164 valence electrons. The van der Waals surface area contributed by atoms with Crippen molar-refractivity contribution in [2.45, 2.75) is 13.0 Å². The van der Waals surface area contributed by atoms with Crippen LogP contribution in [0.5, 0.6) is 5.75 Å². The molecule has 0 atom stereocenters. The molecule has 0 saturated carbocycles. The van der Waals surface area contributed by atoms with E-state index in [1.165, 1.54) is 4.90 Å². The van der Waals surface area contributed by atoms with Gasteiger partial charge in [0.1, 0.15) is 12.4 Å². The first-order valence-electron chi connectivity index (χ1n) is 10.2. The monoisotopic (exact) mass is 474 g/mol. The summed E-state index contributed by atoms with van der Waals surface area (Å²) in [4.78, 5) is 26.7. The topological polar surface area (TPSA) is 70.4 Å². The zero-order valence-electron chi connectivity index (χ0n) is 17.5. The SMILES string of the molecule is N#Cc1ccccc1COc1ccc(/C=C2\SC(=O)N(CCc3ccccc3)C2=O)cc1Cl. The molecule has 1 aliphatic heterocycles. The molecule has 1 heterocycles. The van der Waals surface area contributed by atoms with E-state index in [-0.39, 0.29) is 17.8 Å². The molecule has 3 aromatic rings. The fourth-order valence-corrected chi connectivity index (χ4v) is 4.47. The minimum atomic E-state index is -0.300. The molecule has 0 aromatic heterocycles. The summed E-state index contributed by atoms with van der Waals surface area (Å²) in [5.74, 6) is 0.169. The number of benzene rings is 3. The number of carbonyl (C=O) groups is 2. The van der Waals surface area contributed by atoms with Crippen molar-refractivity contribution in [3.63, 3.8) is 0 Å². The number of imide groups is 1. The first kappa shape index (κ1) is 22.7. The summed E-state index contributed by atoms with van der Waals surface area (Å²) in [5, 5.41) is 9.30. The summed E-state index contributed by atoms with van der Waals surface area (Å²) >= 11 is 7.30. The van der Waals surface area contributed by atoms with Crippen LogP contribution >= 0.6 is 23.4 Å². The maximum atomic E-state index is 12.7. The van der Waals surface area contributed by atoms with Gasteiger partial charge in [-0.2, -0.15) is 5.26 Å². The molecule has 0 bridgehead atoms. The first-order valence-corrected chi connectivity index (χ1v) is 11.4. The van der Waals surface area contributed by atoms with Crippen LogP contribution in [0.3, 0.4) is 0 Å². The number of nitriles is 1. The highest BCUT2D eigenvalue weighted by Crippen LogP contribution is 2.34. The molecule has 0 spiro atoms. The fraction of sp³-hybridized carbons (Fsp3) is 0.115. The minimum Gasteiger partial charge on any atom is -0.487 e. The van der Waals surface area contributed by atoms with Crippen LogP contribution in [-0.2, 0) is 17.8 Å². The van der Waals surface area contributed by atoms with E-state index in [0.29, 0.717) is 39.8 Å². The lowest BCUT2D eigenvalue weighted by atomic mass is 10.1. The van der Waals surface area contributed by atoms with Crippen molar-refractivity contribution in [3.8, 4) is 11.8 Å². The highest BCUT2D eigenvalue weighted by Gasteiger charge is 2.34. The van der Waals surface area contributed by atoms with Gasteiger partial charge in [0, 0.05) is 12.1 Å². The van der Waals surface area contributed by atoms with Crippen molar-refractivity contribution in [2.75, 3.05) is 6.54 Å². The van der Waals surface area contributed by atoms with Crippen LogP contribution in [0.25, 0.3) is 6.08 Å². The van der Waals surface area contributed by atoms with E-state index < -0.39 is 0 Å². The number of halogens is 1. The van der Waals surface area contributed by atoms with Crippen LogP contribution in [0.1, 0.15) is 22.3 Å². The Kier molecular flexibility index (Phi) is 7.13. The molecular weight excluding hydrogens is 456 g/mol. The van der Waals surface area contributed by atoms with Crippen LogP contribution in [-0.4, -0.2) is 22.6 Å². The molecule has 2 amide bonds. The van der Waals surface area contributed by atoms with Crippen molar-refractivity contribution in [2.24, 2.45) is 0 Å². The Morgan fingerprint density at radius 1 is 1.03 bits per heavy atom. The molecule has 0 unspecified atom stereocenters. The lowest BCUT2D eigenvalue weighted by molar-refractivity contribution is -0.122. The fourth-order valence-electron chi connectivity index (χ4n) is 3.36. The number of thioether (sulfide) groups is 1. The Hall–Kier alpha value is -3.53. The number of amides is 2. The highest BCUT2D eigenvalue weighted by molar-refractivity contribution is 8.18. The molecule has 1 fully saturated rings. The van der Waals surface area contributed by atoms with Crippen molar-refractivity contribution >= 4 is 40.6 Å². The third-order valence-corrected chi connectivity index (χ3v) is 6.32. The van der Waals surface area contributed by atoms with Crippen LogP contribution in [0.15, 0.2) is 77.7 Å². The number of hydrogen-bond acceptors (Lipinski definition) is 5. The molecule has 5 nitrogen and oxygen atoms in total. The van der Waals surface area contributed by atoms with E-state index in [0.717, 1.165) is 22.9 Å². The van der Waals surface area contributed by atoms with Gasteiger partial charge in [-0.25, -0.2) is 0 Å². The van der Waals surface area contributed by atoms with Gasteiger partial charge in [-0.1, -0.05) is 66.2 Å². The molecule has 0 aliphatic carbocycles. The average molecular weight is 475 g/mol. The van der Waals surface area contributed by atoms with E-state index in [1.54, 1.807) is 36.4 Å². The number of ether oxygens (including phenoxy) is 1. The Labute approximate surface area is 201 Å². The van der Waals surface area contributed by atoms with Crippen LogP contribution in [0.4, 0.5) is 4.79 Å². The molecule has 33 heavy (non-hydrogen) atoms. The molecule has 1 saturated heterocycles. The van der Waals surface area contributed by atoms with Crippen molar-refractivity contribution in [1.82, 2.24) is 4.90 Å². The van der Waals surface area contributed by atoms with Crippen LogP contribution in [0, 0.1) is 11.3 Å². The second-order valence-corrected chi connectivity index (χ2v) is 8.72. The standard InChI is InChI=1S/C26H19ClN2O3S/c27-22-14-19(10-11-23(22)32-17-21-9-5-4-8-20(21)16-28)15-24-25(30)29(26(31)33-24)13-12-18-6-2-1-3-7-18/h1-11,14-15H,12-13,17H2/b24-15-. The second-order valence-electron chi connectivity index (χ2n) is 7.32. The summed E-state index contributed by atoms with van der Waals surface area (Å²) in [5.41, 5.74) is 3.08. The number of hydrogen-bond donors (Lipinski definition) is 0. The minimum absolute atomic E-state index is 0.211. The molecule has 7 heteroatoms. The maximum absolute atomic E-state index is 12.7. The third kappa shape index (κ3) is 5.46. The molecular formula is C26H19ClN2O3S. The van der Waals surface area contributed by atoms with Gasteiger partial charge >= 0.3 is 0 Å². The zero-order chi connectivity index (χ0) is 23.2. The summed E-state index contributed by atoms with van der Waals surface area (Å²) in [6.07, 6.45) is 2.27. The Bertz CT molecular complexity index is 1270. The lowest BCUT2D eigenvalue weighted by Gasteiger charge is -2.12. The van der Waals surface area contributed by atoms with Crippen molar-refractivity contribution in [1.29, 1.82) is 5.26 Å². The Morgan fingerprint density at radius 3 is 2.55 bits per heavy atom. The van der Waals surface area contributed by atoms with Gasteiger partial charge in [-0.3, -0.25) is 14.5 Å². The van der Waals surface area contributed by atoms with Gasteiger partial charge in [-0.05, 0) is 53.6 Å². The van der Waals surface area contributed by atoms with Gasteiger partial charge in [0.2, 0.25) is 0 Å². The van der Waals surface area contributed by atoms with Gasteiger partial charge in [-0.15, -0.1) is 0 Å².